The lowest BCUT2D eigenvalue weighted by molar-refractivity contribution is 0.0936. The normalized spacial score (nSPS) is 13.7. The molecule has 0 bridgehead atoms. The van der Waals surface area contributed by atoms with Crippen LogP contribution in [0.25, 0.3) is 40.3 Å². The maximum Gasteiger partial charge on any atom is 0.231 e. The highest BCUT2D eigenvalue weighted by Gasteiger charge is 2.25. The molecule has 0 saturated carbocycles. The third kappa shape index (κ3) is 11.3. The van der Waals surface area contributed by atoms with Crippen LogP contribution in [0.15, 0.2) is 60.7 Å². The Morgan fingerprint density at radius 2 is 0.671 bits per heavy atom. The molecule has 18 heteroatoms. The Kier molecular flexibility index (Phi) is 16.5. The molecule has 4 aliphatic rings. The van der Waals surface area contributed by atoms with Crippen LogP contribution in [0, 0.1) is 23.7 Å². The topological polar surface area (TPSA) is 142 Å². The highest BCUT2D eigenvalue weighted by molar-refractivity contribution is 7.22. The summed E-state index contributed by atoms with van der Waals surface area (Å²) in [7, 11) is 0. The largest absolute Gasteiger partial charge is 0.486 e. The van der Waals surface area contributed by atoms with E-state index in [1.807, 2.05) is 116 Å². The van der Waals surface area contributed by atoms with Crippen LogP contribution in [0.1, 0.15) is 102 Å². The van der Waals surface area contributed by atoms with Gasteiger partial charge in [-0.3, -0.25) is 19.2 Å². The summed E-state index contributed by atoms with van der Waals surface area (Å²) in [4.78, 5) is 50.9. The molecule has 4 aliphatic heterocycles. The Labute approximate surface area is 448 Å². The average molecular weight is 1110 g/mol. The maximum absolute atomic E-state index is 12.1. The van der Waals surface area contributed by atoms with Crippen LogP contribution in [0.3, 0.4) is 0 Å². The minimum absolute atomic E-state index is 0. The minimum Gasteiger partial charge on any atom is -0.486 e. The molecule has 0 saturated heterocycles. The SMILES string of the molecule is C.CC(C)C(=O)c1cc2cc3c(cc2s1)OCCO3.CC(C)C(=O)c1cc2cc3c(cc2s1)OCO3.CC(C)C(=O)c1sc2cc3c(cc2c1Cl)OCCO3.CC(C)C(=O)c1sc2cc3c(cc2c1Cl)OCO3. The summed E-state index contributed by atoms with van der Waals surface area (Å²) in [5.74, 6) is 6.36. The number of hydrogen-bond acceptors (Lipinski definition) is 16. The molecule has 4 aromatic carbocycles. The van der Waals surface area contributed by atoms with E-state index in [2.05, 4.69) is 0 Å². The van der Waals surface area contributed by atoms with Gasteiger partial charge in [-0.15, -0.1) is 45.3 Å². The molecule has 0 atom stereocenters. The average Bonchev–Trinajstić information content (AvgIpc) is 4.25. The molecule has 0 spiro atoms. The van der Waals surface area contributed by atoms with Gasteiger partial charge in [0.15, 0.2) is 69.1 Å². The van der Waals surface area contributed by atoms with Gasteiger partial charge in [0, 0.05) is 77.5 Å². The molecule has 8 heterocycles. The van der Waals surface area contributed by atoms with E-state index in [4.69, 9.17) is 61.1 Å². The number of carbonyl (C=O) groups excluding carboxylic acids is 4. The van der Waals surface area contributed by atoms with Crippen molar-refractivity contribution in [1.29, 1.82) is 0 Å². The number of fused-ring (bicyclic) bond motifs is 8. The summed E-state index contributed by atoms with van der Waals surface area (Å²) >= 11 is 18.5. The number of ether oxygens (including phenoxy) is 8. The Bertz CT molecular complexity index is 3330. The van der Waals surface area contributed by atoms with E-state index in [0.29, 0.717) is 63.5 Å². The van der Waals surface area contributed by atoms with Crippen molar-refractivity contribution in [3.8, 4) is 46.0 Å². The van der Waals surface area contributed by atoms with Gasteiger partial charge >= 0.3 is 0 Å². The first-order valence-electron chi connectivity index (χ1n) is 23.3. The molecule has 0 amide bonds. The molecule has 384 valence electrons. The molecule has 0 fully saturated rings. The summed E-state index contributed by atoms with van der Waals surface area (Å²) in [5, 5.41) is 4.86. The molecule has 73 heavy (non-hydrogen) atoms. The molecule has 12 rings (SSSR count). The highest BCUT2D eigenvalue weighted by atomic mass is 35.5. The van der Waals surface area contributed by atoms with Gasteiger partial charge in [-0.05, 0) is 47.2 Å². The number of halogens is 2. The number of benzene rings is 4. The number of Topliss-reactive ketones (excluding diaryl/α,β-unsaturated/α-hetero) is 4. The molecule has 0 unspecified atom stereocenters. The van der Waals surface area contributed by atoms with Crippen molar-refractivity contribution in [2.45, 2.75) is 62.8 Å². The Morgan fingerprint density at radius 1 is 0.384 bits per heavy atom. The van der Waals surface area contributed by atoms with Gasteiger partial charge < -0.3 is 37.9 Å². The summed E-state index contributed by atoms with van der Waals surface area (Å²) in [5.41, 5.74) is 0. The zero-order valence-corrected chi connectivity index (χ0v) is 45.4. The van der Waals surface area contributed by atoms with Crippen molar-refractivity contribution in [1.82, 2.24) is 0 Å². The van der Waals surface area contributed by atoms with Crippen molar-refractivity contribution < 1.29 is 57.1 Å². The van der Waals surface area contributed by atoms with Gasteiger partial charge in [-0.25, -0.2) is 0 Å². The van der Waals surface area contributed by atoms with E-state index in [9.17, 15) is 19.2 Å². The van der Waals surface area contributed by atoms with E-state index >= 15 is 0 Å². The van der Waals surface area contributed by atoms with Gasteiger partial charge in [0.05, 0.1) is 29.6 Å². The smallest absolute Gasteiger partial charge is 0.231 e. The van der Waals surface area contributed by atoms with E-state index in [1.165, 1.54) is 45.3 Å². The number of carbonyl (C=O) groups is 4. The predicted octanol–water partition coefficient (Wildman–Crippen LogP) is 15.9. The van der Waals surface area contributed by atoms with Gasteiger partial charge in [-0.2, -0.15) is 0 Å². The molecule has 8 aromatic rings. The first kappa shape index (κ1) is 53.7. The van der Waals surface area contributed by atoms with E-state index in [1.54, 1.807) is 0 Å². The van der Waals surface area contributed by atoms with Gasteiger partial charge in [-0.1, -0.05) is 86.0 Å². The van der Waals surface area contributed by atoms with Crippen LogP contribution in [0.5, 0.6) is 46.0 Å². The van der Waals surface area contributed by atoms with Crippen molar-refractivity contribution in [3.63, 3.8) is 0 Å². The first-order valence-corrected chi connectivity index (χ1v) is 27.3. The molecule has 0 aliphatic carbocycles. The quantitative estimate of drug-likeness (QED) is 0.134. The lowest BCUT2D eigenvalue weighted by Crippen LogP contribution is -2.14. The van der Waals surface area contributed by atoms with Crippen LogP contribution < -0.4 is 37.9 Å². The lowest BCUT2D eigenvalue weighted by atomic mass is 10.1. The number of ketones is 4. The summed E-state index contributed by atoms with van der Waals surface area (Å²) in [6.45, 7) is 17.9. The fourth-order valence-electron chi connectivity index (χ4n) is 7.72. The van der Waals surface area contributed by atoms with Gasteiger partial charge in [0.1, 0.15) is 26.4 Å². The van der Waals surface area contributed by atoms with Crippen molar-refractivity contribution in [3.05, 3.63) is 90.2 Å². The van der Waals surface area contributed by atoms with Crippen molar-refractivity contribution >= 4 is 132 Å². The molecule has 12 nitrogen and oxygen atoms in total. The van der Waals surface area contributed by atoms with E-state index in [-0.39, 0.29) is 67.8 Å². The van der Waals surface area contributed by atoms with Crippen molar-refractivity contribution in [2.24, 2.45) is 23.7 Å². The lowest BCUT2D eigenvalue weighted by Gasteiger charge is -2.18. The second kappa shape index (κ2) is 22.5. The van der Waals surface area contributed by atoms with E-state index < -0.39 is 0 Å². The number of rotatable bonds is 8. The fraction of sp³-hybridized carbons (Fsp3) is 0.345. The minimum atomic E-state index is -0.0623. The molecule has 4 aromatic heterocycles. The van der Waals surface area contributed by atoms with Crippen LogP contribution in [-0.4, -0.2) is 63.1 Å². The molecular weight excluding hydrogens is 1050 g/mol. The third-order valence-electron chi connectivity index (χ3n) is 11.6. The second-order valence-corrected chi connectivity index (χ2v) is 23.3. The molecule has 0 N–H and O–H groups in total. The van der Waals surface area contributed by atoms with Crippen LogP contribution in [0.4, 0.5) is 0 Å². The summed E-state index contributed by atoms with van der Waals surface area (Å²) < 4.78 is 47.5. The van der Waals surface area contributed by atoms with Crippen LogP contribution in [-0.2, 0) is 0 Å². The van der Waals surface area contributed by atoms with Gasteiger partial charge in [0.2, 0.25) is 13.6 Å². The van der Waals surface area contributed by atoms with E-state index in [0.717, 1.165) is 78.8 Å². The number of hydrogen-bond donors (Lipinski definition) is 0. The number of thiophene rings is 4. The molecular formula is C55H54Cl2O12S4. The highest BCUT2D eigenvalue weighted by Crippen LogP contribution is 2.46. The summed E-state index contributed by atoms with van der Waals surface area (Å²) in [6.07, 6.45) is 0. The Hall–Kier alpha value is -5.62. The third-order valence-corrected chi connectivity index (χ3v) is 17.2. The van der Waals surface area contributed by atoms with Crippen LogP contribution >= 0.6 is 68.5 Å². The first-order chi connectivity index (χ1) is 34.4. The molecule has 0 radical (unpaired) electrons. The summed E-state index contributed by atoms with van der Waals surface area (Å²) in [6, 6.07) is 19.2. The van der Waals surface area contributed by atoms with Crippen molar-refractivity contribution in [2.75, 3.05) is 40.0 Å². The monoisotopic (exact) mass is 1100 g/mol. The maximum atomic E-state index is 12.1. The van der Waals surface area contributed by atoms with Gasteiger partial charge in [0.25, 0.3) is 0 Å². The Morgan fingerprint density at radius 3 is 1.03 bits per heavy atom. The predicted molar refractivity (Wildman–Crippen MR) is 295 cm³/mol. The van der Waals surface area contributed by atoms with Crippen LogP contribution in [0.2, 0.25) is 10.0 Å². The zero-order chi connectivity index (χ0) is 51.1. The fourth-order valence-corrected chi connectivity index (χ4v) is 13.3. The zero-order valence-electron chi connectivity index (χ0n) is 40.6. The Balaban J connectivity index is 0.000000129. The standard InChI is InChI=1S/C14H13ClO3S.C14H14O3S.C13H11ClO3S.C13H12O3S.CH4/c1-7(2)13(16)14-12(15)8-5-9-10(6-11(8)19-14)18-4-3-17-9;1-8(2)14(15)13-6-9-5-10-11(7-12(9)18-13)17-4-3-16-10;1-6(2)12(15)13-11(14)7-3-8-9(17-5-16-8)4-10(7)18-13;1-7(2)13(14)12-4-8-3-9-10(16-6-15-9)5-11(8)17-12;/h5-7H,3-4H2,1-2H3;5-8H,3-4H2,1-2H3;3-4,6H,5H2,1-2H3;3-5,7H,6H2,1-2H3;1H4. The second-order valence-electron chi connectivity index (χ2n) is 18.3.